The average molecular weight is 453 g/mol. The third-order valence-corrected chi connectivity index (χ3v) is 6.28. The number of hydrogen-bond acceptors (Lipinski definition) is 7. The van der Waals surface area contributed by atoms with Gasteiger partial charge in [0.25, 0.3) is 20.3 Å². The number of nitrogens with zero attached hydrogens (tertiary/aromatic N) is 2. The van der Waals surface area contributed by atoms with Gasteiger partial charge in [0.1, 0.15) is 5.75 Å². The molecule has 0 spiro atoms. The number of ether oxygens (including phenoxy) is 1. The van der Waals surface area contributed by atoms with E-state index in [9.17, 15) is 13.2 Å². The van der Waals surface area contributed by atoms with Gasteiger partial charge in [0, 0.05) is 10.6 Å². The van der Waals surface area contributed by atoms with Crippen molar-refractivity contribution in [1.29, 1.82) is 0 Å². The number of amides is 1. The molecule has 0 fully saturated rings. The number of para-hydroxylation sites is 2. The number of carbonyl (C=O) groups is 1. The van der Waals surface area contributed by atoms with Gasteiger partial charge in [-0.2, -0.15) is 8.42 Å². The van der Waals surface area contributed by atoms with Crippen LogP contribution in [0.2, 0.25) is 5.02 Å². The molecule has 0 bridgehead atoms. The normalized spacial score (nSPS) is 11.3. The smallest absolute Gasteiger partial charge is 0.291 e. The molecule has 11 heteroatoms. The maximum absolute atomic E-state index is 12.7. The van der Waals surface area contributed by atoms with Gasteiger partial charge in [0.2, 0.25) is 5.13 Å². The van der Waals surface area contributed by atoms with Crippen molar-refractivity contribution in [3.05, 3.63) is 59.1 Å². The summed E-state index contributed by atoms with van der Waals surface area (Å²) in [5, 5.41) is 10.5. The van der Waals surface area contributed by atoms with Crippen molar-refractivity contribution in [2.75, 3.05) is 10.0 Å². The first-order valence-electron chi connectivity index (χ1n) is 8.43. The second-order valence-corrected chi connectivity index (χ2v) is 9.37. The summed E-state index contributed by atoms with van der Waals surface area (Å²) >= 11 is 6.53. The zero-order chi connectivity index (χ0) is 21.0. The molecule has 2 aromatic carbocycles. The molecule has 3 rings (SSSR count). The minimum absolute atomic E-state index is 0.0528. The number of rotatable bonds is 7. The van der Waals surface area contributed by atoms with Crippen LogP contribution in [0, 0.1) is 0 Å². The van der Waals surface area contributed by atoms with E-state index in [1.165, 1.54) is 0 Å². The summed E-state index contributed by atoms with van der Waals surface area (Å²) in [6.07, 6.45) is -0.128. The number of anilines is 2. The van der Waals surface area contributed by atoms with Gasteiger partial charge in [-0.05, 0) is 50.2 Å². The molecule has 1 heterocycles. The molecule has 0 saturated carbocycles. The number of sulfonamides is 1. The molecule has 0 unspecified atom stereocenters. The predicted octanol–water partition coefficient (Wildman–Crippen LogP) is 4.03. The van der Waals surface area contributed by atoms with Crippen molar-refractivity contribution in [2.45, 2.75) is 24.3 Å². The Morgan fingerprint density at radius 2 is 1.79 bits per heavy atom. The average Bonchev–Trinajstić information content (AvgIpc) is 3.13. The van der Waals surface area contributed by atoms with E-state index >= 15 is 0 Å². The SMILES string of the molecule is CC(C)Oc1ccccc1NS(=O)(=O)c1nnc(NC(=O)c2ccc(Cl)cc2)s1. The topological polar surface area (TPSA) is 110 Å². The Morgan fingerprint density at radius 1 is 1.10 bits per heavy atom. The minimum atomic E-state index is -4.01. The summed E-state index contributed by atoms with van der Waals surface area (Å²) in [5.74, 6) is -0.0581. The van der Waals surface area contributed by atoms with E-state index in [4.69, 9.17) is 16.3 Å². The Morgan fingerprint density at radius 3 is 2.48 bits per heavy atom. The van der Waals surface area contributed by atoms with E-state index in [1.54, 1.807) is 48.5 Å². The highest BCUT2D eigenvalue weighted by molar-refractivity contribution is 7.94. The van der Waals surface area contributed by atoms with E-state index in [0.29, 0.717) is 16.3 Å². The number of benzene rings is 2. The largest absolute Gasteiger partial charge is 0.489 e. The lowest BCUT2D eigenvalue weighted by Crippen LogP contribution is -2.15. The first-order valence-corrected chi connectivity index (χ1v) is 11.1. The van der Waals surface area contributed by atoms with Crippen LogP contribution in [0.15, 0.2) is 52.9 Å². The Kier molecular flexibility index (Phi) is 6.36. The molecular weight excluding hydrogens is 436 g/mol. The molecule has 152 valence electrons. The highest BCUT2D eigenvalue weighted by atomic mass is 35.5. The molecular formula is C18H17ClN4O4S2. The van der Waals surface area contributed by atoms with Crippen molar-refractivity contribution >= 4 is 49.7 Å². The Labute approximate surface area is 176 Å². The van der Waals surface area contributed by atoms with Gasteiger partial charge in [-0.3, -0.25) is 14.8 Å². The van der Waals surface area contributed by atoms with Gasteiger partial charge in [0.05, 0.1) is 11.8 Å². The van der Waals surface area contributed by atoms with E-state index in [-0.39, 0.29) is 21.3 Å². The van der Waals surface area contributed by atoms with Crippen LogP contribution in [0.25, 0.3) is 0 Å². The summed E-state index contributed by atoms with van der Waals surface area (Å²) in [4.78, 5) is 12.2. The molecule has 0 aliphatic heterocycles. The number of aromatic nitrogens is 2. The van der Waals surface area contributed by atoms with Crippen LogP contribution in [0.4, 0.5) is 10.8 Å². The molecule has 29 heavy (non-hydrogen) atoms. The van der Waals surface area contributed by atoms with Crippen molar-refractivity contribution in [3.8, 4) is 5.75 Å². The van der Waals surface area contributed by atoms with Crippen LogP contribution in [-0.2, 0) is 10.0 Å². The molecule has 1 amide bonds. The number of carbonyl (C=O) groups excluding carboxylic acids is 1. The molecule has 8 nitrogen and oxygen atoms in total. The second kappa shape index (κ2) is 8.76. The first kappa shape index (κ1) is 21.0. The fourth-order valence-electron chi connectivity index (χ4n) is 2.24. The fourth-order valence-corrected chi connectivity index (χ4v) is 4.33. The Balaban J connectivity index is 1.75. The maximum atomic E-state index is 12.7. The number of halogens is 1. The summed E-state index contributed by atoms with van der Waals surface area (Å²) in [7, 11) is -4.01. The van der Waals surface area contributed by atoms with Crippen LogP contribution in [-0.4, -0.2) is 30.6 Å². The van der Waals surface area contributed by atoms with Crippen LogP contribution >= 0.6 is 22.9 Å². The zero-order valence-electron chi connectivity index (χ0n) is 15.4. The number of nitrogens with one attached hydrogen (secondary N) is 2. The van der Waals surface area contributed by atoms with Crippen molar-refractivity contribution in [1.82, 2.24) is 10.2 Å². The van der Waals surface area contributed by atoms with Gasteiger partial charge in [0.15, 0.2) is 0 Å². The Bertz CT molecular complexity index is 1110. The van der Waals surface area contributed by atoms with E-state index in [1.807, 2.05) is 13.8 Å². The summed E-state index contributed by atoms with van der Waals surface area (Å²) in [5.41, 5.74) is 0.634. The standard InChI is InChI=1S/C18H17ClN4O4S2/c1-11(2)27-15-6-4-3-5-14(15)23-29(25,26)18-22-21-17(28-18)20-16(24)12-7-9-13(19)10-8-12/h3-11,23H,1-2H3,(H,20,21,24). The fraction of sp³-hybridized carbons (Fsp3) is 0.167. The van der Waals surface area contributed by atoms with Crippen LogP contribution < -0.4 is 14.8 Å². The maximum Gasteiger partial charge on any atom is 0.291 e. The van der Waals surface area contributed by atoms with Gasteiger partial charge in [-0.25, -0.2) is 0 Å². The van der Waals surface area contributed by atoms with Crippen LogP contribution in [0.5, 0.6) is 5.75 Å². The highest BCUT2D eigenvalue weighted by Gasteiger charge is 2.23. The molecule has 2 N–H and O–H groups in total. The molecule has 1 aromatic heterocycles. The van der Waals surface area contributed by atoms with Gasteiger partial charge in [-0.1, -0.05) is 35.1 Å². The monoisotopic (exact) mass is 452 g/mol. The van der Waals surface area contributed by atoms with E-state index in [0.717, 1.165) is 11.3 Å². The van der Waals surface area contributed by atoms with Crippen LogP contribution in [0.1, 0.15) is 24.2 Å². The van der Waals surface area contributed by atoms with Gasteiger partial charge < -0.3 is 4.74 Å². The lowest BCUT2D eigenvalue weighted by Gasteiger charge is -2.14. The van der Waals surface area contributed by atoms with Crippen molar-refractivity contribution < 1.29 is 17.9 Å². The molecule has 0 aliphatic rings. The molecule has 0 radical (unpaired) electrons. The Hall–Kier alpha value is -2.69. The van der Waals surface area contributed by atoms with Crippen LogP contribution in [0.3, 0.4) is 0 Å². The van der Waals surface area contributed by atoms with Crippen molar-refractivity contribution in [3.63, 3.8) is 0 Å². The lowest BCUT2D eigenvalue weighted by molar-refractivity contribution is 0.102. The molecule has 0 saturated heterocycles. The summed E-state index contributed by atoms with van der Waals surface area (Å²) in [6.45, 7) is 3.68. The minimum Gasteiger partial charge on any atom is -0.489 e. The zero-order valence-corrected chi connectivity index (χ0v) is 17.8. The quantitative estimate of drug-likeness (QED) is 0.523. The second-order valence-electron chi connectivity index (χ2n) is 6.10. The third-order valence-electron chi connectivity index (χ3n) is 3.46. The van der Waals surface area contributed by atoms with E-state index < -0.39 is 15.9 Å². The summed E-state index contributed by atoms with van der Waals surface area (Å²) in [6, 6.07) is 12.9. The molecule has 0 aliphatic carbocycles. The number of hydrogen-bond donors (Lipinski definition) is 2. The summed E-state index contributed by atoms with van der Waals surface area (Å²) < 4.78 is 33.1. The highest BCUT2D eigenvalue weighted by Crippen LogP contribution is 2.29. The lowest BCUT2D eigenvalue weighted by atomic mass is 10.2. The predicted molar refractivity (Wildman–Crippen MR) is 112 cm³/mol. The molecule has 0 atom stereocenters. The van der Waals surface area contributed by atoms with Crippen molar-refractivity contribution in [2.24, 2.45) is 0 Å². The van der Waals surface area contributed by atoms with Gasteiger partial charge >= 0.3 is 0 Å². The third kappa shape index (κ3) is 5.43. The van der Waals surface area contributed by atoms with E-state index in [2.05, 4.69) is 20.2 Å². The van der Waals surface area contributed by atoms with Gasteiger partial charge in [-0.15, -0.1) is 10.2 Å². The first-order chi connectivity index (χ1) is 13.7. The molecule has 3 aromatic rings.